The van der Waals surface area contributed by atoms with Gasteiger partial charge in [0.05, 0.1) is 5.69 Å². The molecule has 0 radical (unpaired) electrons. The molecule has 1 saturated heterocycles. The van der Waals surface area contributed by atoms with Gasteiger partial charge in [-0.15, -0.1) is 0 Å². The number of anilines is 1. The third kappa shape index (κ3) is 2.07. The zero-order valence-electron chi connectivity index (χ0n) is 8.65. The lowest BCUT2D eigenvalue weighted by molar-refractivity contribution is 0.622. The number of hydrogen-bond acceptors (Lipinski definition) is 3. The van der Waals surface area contributed by atoms with Gasteiger partial charge in [-0.25, -0.2) is 4.39 Å². The number of benzene rings is 1. The fourth-order valence-electron chi connectivity index (χ4n) is 1.77. The molecule has 5 heteroatoms. The molecule has 1 fully saturated rings. The minimum absolute atomic E-state index is 0.0789. The average molecular weight is 238 g/mol. The third-order valence-corrected chi connectivity index (χ3v) is 3.90. The minimum atomic E-state index is -0.767. The summed E-state index contributed by atoms with van der Waals surface area (Å²) in [5.41, 5.74) is 0.689. The van der Waals surface area contributed by atoms with Crippen LogP contribution in [0.2, 0.25) is 0 Å². The lowest BCUT2D eigenvalue weighted by Gasteiger charge is -2.29. The number of hydrogen-bond donors (Lipinski definition) is 0. The highest BCUT2D eigenvalue weighted by Crippen LogP contribution is 2.23. The Bertz CT molecular complexity index is 460. The molecule has 1 aromatic rings. The van der Waals surface area contributed by atoms with Gasteiger partial charge in [-0.3, -0.25) is 4.21 Å². The second-order valence-electron chi connectivity index (χ2n) is 3.58. The third-order valence-electron chi connectivity index (χ3n) is 2.62. The molecule has 3 nitrogen and oxygen atoms in total. The first kappa shape index (κ1) is 11.1. The average Bonchev–Trinajstić information content (AvgIpc) is 2.30. The molecule has 16 heavy (non-hydrogen) atoms. The monoisotopic (exact) mass is 238 g/mol. The smallest absolute Gasteiger partial charge is 0.143 e. The first-order valence-corrected chi connectivity index (χ1v) is 6.49. The highest BCUT2D eigenvalue weighted by molar-refractivity contribution is 7.85. The summed E-state index contributed by atoms with van der Waals surface area (Å²) in [5.74, 6) is 0.676. The van der Waals surface area contributed by atoms with Gasteiger partial charge in [-0.2, -0.15) is 5.26 Å². The molecular formula is C11H11FN2OS. The van der Waals surface area contributed by atoms with Gasteiger partial charge in [0.15, 0.2) is 0 Å². The summed E-state index contributed by atoms with van der Waals surface area (Å²) >= 11 is 0. The molecule has 0 N–H and O–H groups in total. The molecular weight excluding hydrogens is 227 g/mol. The van der Waals surface area contributed by atoms with Crippen LogP contribution in [0, 0.1) is 17.1 Å². The summed E-state index contributed by atoms with van der Waals surface area (Å²) in [4.78, 5) is 1.92. The predicted octanol–water partition coefficient (Wildman–Crippen LogP) is 1.27. The Morgan fingerprint density at radius 3 is 2.69 bits per heavy atom. The maximum Gasteiger partial charge on any atom is 0.143 e. The summed E-state index contributed by atoms with van der Waals surface area (Å²) in [6, 6.07) is 6.49. The van der Waals surface area contributed by atoms with Crippen molar-refractivity contribution in [3.63, 3.8) is 0 Å². The lowest BCUT2D eigenvalue weighted by Crippen LogP contribution is -2.38. The summed E-state index contributed by atoms with van der Waals surface area (Å²) in [7, 11) is -0.767. The van der Waals surface area contributed by atoms with Crippen molar-refractivity contribution in [2.75, 3.05) is 29.5 Å². The van der Waals surface area contributed by atoms with Gasteiger partial charge in [-0.1, -0.05) is 6.07 Å². The molecule has 1 aromatic carbocycles. The van der Waals surface area contributed by atoms with Crippen molar-refractivity contribution in [2.45, 2.75) is 0 Å². The fourth-order valence-corrected chi connectivity index (χ4v) is 2.82. The second-order valence-corrected chi connectivity index (χ2v) is 5.28. The molecule has 0 unspecified atom stereocenters. The van der Waals surface area contributed by atoms with Crippen LogP contribution in [0.3, 0.4) is 0 Å². The molecule has 0 saturated carbocycles. The van der Waals surface area contributed by atoms with Crippen LogP contribution >= 0.6 is 0 Å². The van der Waals surface area contributed by atoms with Gasteiger partial charge in [-0.05, 0) is 12.1 Å². The Morgan fingerprint density at radius 2 is 2.06 bits per heavy atom. The highest BCUT2D eigenvalue weighted by Gasteiger charge is 2.19. The van der Waals surface area contributed by atoms with Crippen LogP contribution in [0.4, 0.5) is 10.1 Å². The SMILES string of the molecule is N#Cc1c(F)cccc1N1CCS(=O)CC1. The minimum Gasteiger partial charge on any atom is -0.369 e. The van der Waals surface area contributed by atoms with E-state index in [-0.39, 0.29) is 5.56 Å². The van der Waals surface area contributed by atoms with Crippen LogP contribution in [0.5, 0.6) is 0 Å². The Kier molecular flexibility index (Phi) is 3.20. The van der Waals surface area contributed by atoms with Crippen molar-refractivity contribution >= 4 is 16.5 Å². The van der Waals surface area contributed by atoms with E-state index in [4.69, 9.17) is 5.26 Å². The first-order chi connectivity index (χ1) is 7.72. The molecule has 84 valence electrons. The molecule has 1 aliphatic heterocycles. The number of nitrogens with zero attached hydrogens (tertiary/aromatic N) is 2. The molecule has 0 aliphatic carbocycles. The van der Waals surface area contributed by atoms with Gasteiger partial charge < -0.3 is 4.90 Å². The van der Waals surface area contributed by atoms with Gasteiger partial charge in [0.1, 0.15) is 17.4 Å². The second kappa shape index (κ2) is 4.62. The molecule has 1 heterocycles. The standard InChI is InChI=1S/C11H11FN2OS/c12-10-2-1-3-11(9(10)8-13)14-4-6-16(15)7-5-14/h1-3H,4-7H2. The first-order valence-electron chi connectivity index (χ1n) is 5.01. The van der Waals surface area contributed by atoms with Crippen molar-refractivity contribution < 1.29 is 8.60 Å². The van der Waals surface area contributed by atoms with Crippen molar-refractivity contribution in [3.05, 3.63) is 29.6 Å². The van der Waals surface area contributed by atoms with E-state index >= 15 is 0 Å². The van der Waals surface area contributed by atoms with Gasteiger partial charge >= 0.3 is 0 Å². The van der Waals surface area contributed by atoms with Crippen LogP contribution in [-0.4, -0.2) is 28.8 Å². The zero-order chi connectivity index (χ0) is 11.5. The summed E-state index contributed by atoms with van der Waals surface area (Å²) in [6.07, 6.45) is 0. The zero-order valence-corrected chi connectivity index (χ0v) is 9.47. The van der Waals surface area contributed by atoms with E-state index in [1.54, 1.807) is 12.1 Å². The van der Waals surface area contributed by atoms with Crippen molar-refractivity contribution in [1.29, 1.82) is 5.26 Å². The van der Waals surface area contributed by atoms with E-state index in [2.05, 4.69) is 0 Å². The van der Waals surface area contributed by atoms with Crippen LogP contribution in [0.25, 0.3) is 0 Å². The Morgan fingerprint density at radius 1 is 1.38 bits per heavy atom. The van der Waals surface area contributed by atoms with E-state index in [0.29, 0.717) is 30.3 Å². The molecule has 0 bridgehead atoms. The van der Waals surface area contributed by atoms with Gasteiger partial charge in [0, 0.05) is 35.4 Å². The molecule has 0 aromatic heterocycles. The van der Waals surface area contributed by atoms with Crippen LogP contribution < -0.4 is 4.90 Å². The Hall–Kier alpha value is -1.41. The predicted molar refractivity (Wildman–Crippen MR) is 61.2 cm³/mol. The van der Waals surface area contributed by atoms with E-state index < -0.39 is 16.6 Å². The highest BCUT2D eigenvalue weighted by atomic mass is 32.2. The summed E-state index contributed by atoms with van der Waals surface area (Å²) in [6.45, 7) is 1.23. The Labute approximate surface area is 95.9 Å². The molecule has 2 rings (SSSR count). The van der Waals surface area contributed by atoms with Gasteiger partial charge in [0.25, 0.3) is 0 Å². The molecule has 0 atom stereocenters. The van der Waals surface area contributed by atoms with Crippen LogP contribution in [-0.2, 0) is 10.8 Å². The quantitative estimate of drug-likeness (QED) is 0.740. The summed E-state index contributed by atoms with van der Waals surface area (Å²) in [5, 5.41) is 8.91. The van der Waals surface area contributed by atoms with Crippen LogP contribution in [0.15, 0.2) is 18.2 Å². The summed E-state index contributed by atoms with van der Waals surface area (Å²) < 4.78 is 24.6. The van der Waals surface area contributed by atoms with E-state index in [0.717, 1.165) is 0 Å². The van der Waals surface area contributed by atoms with Crippen molar-refractivity contribution in [3.8, 4) is 6.07 Å². The number of rotatable bonds is 1. The molecule has 0 amide bonds. The Balaban J connectivity index is 2.31. The van der Waals surface area contributed by atoms with E-state index in [1.807, 2.05) is 11.0 Å². The van der Waals surface area contributed by atoms with Crippen LogP contribution in [0.1, 0.15) is 5.56 Å². The maximum absolute atomic E-state index is 13.4. The van der Waals surface area contributed by atoms with Crippen molar-refractivity contribution in [2.24, 2.45) is 0 Å². The van der Waals surface area contributed by atoms with Crippen molar-refractivity contribution in [1.82, 2.24) is 0 Å². The number of nitriles is 1. The molecule has 1 aliphatic rings. The maximum atomic E-state index is 13.4. The topological polar surface area (TPSA) is 44.1 Å². The van der Waals surface area contributed by atoms with E-state index in [1.165, 1.54) is 6.07 Å². The normalized spacial score (nSPS) is 17.1. The van der Waals surface area contributed by atoms with E-state index in [9.17, 15) is 8.60 Å². The van der Waals surface area contributed by atoms with Gasteiger partial charge in [0.2, 0.25) is 0 Å². The fraction of sp³-hybridized carbons (Fsp3) is 0.364. The number of halogens is 1. The lowest BCUT2D eigenvalue weighted by atomic mass is 10.1. The largest absolute Gasteiger partial charge is 0.369 e. The molecule has 0 spiro atoms.